The van der Waals surface area contributed by atoms with Gasteiger partial charge in [-0.15, -0.1) is 0 Å². The third-order valence-electron chi connectivity index (χ3n) is 1.78. The van der Waals surface area contributed by atoms with Crippen molar-refractivity contribution in [2.45, 2.75) is 6.42 Å². The van der Waals surface area contributed by atoms with E-state index in [0.29, 0.717) is 0 Å². The molecule has 1 heterocycles. The Labute approximate surface area is 88.1 Å². The summed E-state index contributed by atoms with van der Waals surface area (Å²) in [5, 5.41) is 4.38. The molecule has 12 heavy (non-hydrogen) atoms. The van der Waals surface area contributed by atoms with Crippen molar-refractivity contribution in [1.82, 2.24) is 5.32 Å². The second kappa shape index (κ2) is 3.23. The Bertz CT molecular complexity index is 311. The monoisotopic (exact) mass is 286 g/mol. The molecular formula is C9H6Br2N. The minimum Gasteiger partial charge on any atom is -0.240 e. The summed E-state index contributed by atoms with van der Waals surface area (Å²) >= 11 is 6.85. The highest BCUT2D eigenvalue weighted by Crippen LogP contribution is 2.32. The van der Waals surface area contributed by atoms with Gasteiger partial charge >= 0.3 is 0 Å². The molecule has 0 saturated heterocycles. The summed E-state index contributed by atoms with van der Waals surface area (Å²) in [5.74, 6) is 0. The first-order chi connectivity index (χ1) is 5.77. The van der Waals surface area contributed by atoms with Gasteiger partial charge in [0, 0.05) is 10.9 Å². The Balaban J connectivity index is 2.43. The van der Waals surface area contributed by atoms with Gasteiger partial charge in [0.1, 0.15) is 4.61 Å². The first kappa shape index (κ1) is 8.32. The minimum absolute atomic E-state index is 0.904. The minimum atomic E-state index is 0.904. The van der Waals surface area contributed by atoms with Gasteiger partial charge in [0.2, 0.25) is 0 Å². The summed E-state index contributed by atoms with van der Waals surface area (Å²) in [5.41, 5.74) is 2.33. The molecule has 1 nitrogen and oxygen atoms in total. The highest BCUT2D eigenvalue weighted by atomic mass is 79.9. The Morgan fingerprint density at radius 1 is 1.17 bits per heavy atom. The van der Waals surface area contributed by atoms with Crippen molar-refractivity contribution in [3.8, 4) is 0 Å². The van der Waals surface area contributed by atoms with Crippen LogP contribution in [0.2, 0.25) is 0 Å². The van der Waals surface area contributed by atoms with Crippen LogP contribution < -0.4 is 5.32 Å². The Hall–Kier alpha value is -0.280. The second-order valence-electron chi connectivity index (χ2n) is 2.61. The summed E-state index contributed by atoms with van der Waals surface area (Å²) in [4.78, 5) is 0. The number of para-hydroxylation sites is 1. The largest absolute Gasteiger partial charge is 0.240 e. The van der Waals surface area contributed by atoms with E-state index in [1.54, 1.807) is 0 Å². The van der Waals surface area contributed by atoms with Crippen molar-refractivity contribution in [3.05, 3.63) is 38.9 Å². The fourth-order valence-electron chi connectivity index (χ4n) is 1.18. The van der Waals surface area contributed by atoms with E-state index >= 15 is 0 Å². The van der Waals surface area contributed by atoms with Gasteiger partial charge in [0.15, 0.2) is 0 Å². The molecule has 1 aliphatic heterocycles. The van der Waals surface area contributed by atoms with Crippen LogP contribution in [0.15, 0.2) is 33.4 Å². The number of nitrogens with zero attached hydrogens (tertiary/aromatic N) is 1. The van der Waals surface area contributed by atoms with Crippen LogP contribution in [0.5, 0.6) is 0 Å². The van der Waals surface area contributed by atoms with Crippen LogP contribution in [-0.2, 0) is 6.42 Å². The van der Waals surface area contributed by atoms with Crippen LogP contribution >= 0.6 is 31.9 Å². The van der Waals surface area contributed by atoms with Gasteiger partial charge in [0.05, 0.1) is 5.69 Å². The number of allylic oxidation sites excluding steroid dienone is 1. The molecule has 2 rings (SSSR count). The van der Waals surface area contributed by atoms with Gasteiger partial charge in [-0.2, -0.15) is 0 Å². The summed E-state index contributed by atoms with van der Waals surface area (Å²) in [6, 6.07) is 8.16. The van der Waals surface area contributed by atoms with E-state index in [-0.39, 0.29) is 0 Å². The fourth-order valence-corrected chi connectivity index (χ4v) is 1.90. The summed E-state index contributed by atoms with van der Waals surface area (Å²) in [7, 11) is 0. The summed E-state index contributed by atoms with van der Waals surface area (Å²) in [6.45, 7) is 0. The second-order valence-corrected chi connectivity index (χ2v) is 4.32. The highest BCUT2D eigenvalue weighted by molar-refractivity contribution is 9.14. The number of halogens is 2. The standard InChI is InChI=1S/C9H6Br2N/c10-7-5-6-3-1-2-4-8(6)12-9(7)11/h1-4H,5H2. The first-order valence-electron chi connectivity index (χ1n) is 3.61. The van der Waals surface area contributed by atoms with E-state index in [2.05, 4.69) is 43.2 Å². The zero-order valence-corrected chi connectivity index (χ0v) is 9.39. The molecule has 0 unspecified atom stereocenters. The van der Waals surface area contributed by atoms with Gasteiger partial charge in [0.25, 0.3) is 0 Å². The lowest BCUT2D eigenvalue weighted by Crippen LogP contribution is -2.04. The van der Waals surface area contributed by atoms with E-state index in [0.717, 1.165) is 21.2 Å². The molecule has 0 aromatic heterocycles. The van der Waals surface area contributed by atoms with E-state index in [1.165, 1.54) is 5.56 Å². The van der Waals surface area contributed by atoms with E-state index in [9.17, 15) is 0 Å². The number of hydrogen-bond donors (Lipinski definition) is 0. The van der Waals surface area contributed by atoms with Crippen LogP contribution in [0.3, 0.4) is 0 Å². The normalized spacial score (nSPS) is 15.5. The first-order valence-corrected chi connectivity index (χ1v) is 5.20. The number of benzene rings is 1. The molecule has 1 aromatic rings. The third-order valence-corrected chi connectivity index (χ3v) is 3.62. The van der Waals surface area contributed by atoms with Gasteiger partial charge in [-0.3, -0.25) is 0 Å². The van der Waals surface area contributed by atoms with Crippen LogP contribution in [0.1, 0.15) is 5.56 Å². The maximum Gasteiger partial charge on any atom is 0.117 e. The molecule has 61 valence electrons. The van der Waals surface area contributed by atoms with Gasteiger partial charge in [-0.05, 0) is 27.6 Å². The molecule has 0 spiro atoms. The van der Waals surface area contributed by atoms with E-state index < -0.39 is 0 Å². The van der Waals surface area contributed by atoms with Crippen molar-refractivity contribution in [3.63, 3.8) is 0 Å². The van der Waals surface area contributed by atoms with Crippen molar-refractivity contribution >= 4 is 37.5 Å². The topological polar surface area (TPSA) is 14.1 Å². The molecule has 1 aromatic carbocycles. The maximum absolute atomic E-state index is 4.38. The molecule has 0 fully saturated rings. The zero-order chi connectivity index (χ0) is 8.55. The number of rotatable bonds is 0. The molecule has 0 aliphatic carbocycles. The fraction of sp³-hybridized carbons (Fsp3) is 0.111. The molecule has 1 radical (unpaired) electrons. The van der Waals surface area contributed by atoms with Gasteiger partial charge in [-0.25, -0.2) is 5.32 Å². The van der Waals surface area contributed by atoms with Crippen LogP contribution in [0, 0.1) is 0 Å². The highest BCUT2D eigenvalue weighted by Gasteiger charge is 2.14. The van der Waals surface area contributed by atoms with E-state index in [1.807, 2.05) is 18.2 Å². The lowest BCUT2D eigenvalue weighted by Gasteiger charge is -2.15. The van der Waals surface area contributed by atoms with Gasteiger partial charge < -0.3 is 0 Å². The predicted octanol–water partition coefficient (Wildman–Crippen LogP) is 3.44. The Morgan fingerprint density at radius 2 is 1.92 bits per heavy atom. The van der Waals surface area contributed by atoms with E-state index in [4.69, 9.17) is 0 Å². The third kappa shape index (κ3) is 1.43. The predicted molar refractivity (Wildman–Crippen MR) is 56.8 cm³/mol. The molecule has 0 saturated carbocycles. The molecule has 0 atom stereocenters. The zero-order valence-electron chi connectivity index (χ0n) is 6.22. The van der Waals surface area contributed by atoms with Crippen molar-refractivity contribution in [2.75, 3.05) is 0 Å². The van der Waals surface area contributed by atoms with Crippen molar-refractivity contribution in [1.29, 1.82) is 0 Å². The number of hydrogen-bond acceptors (Lipinski definition) is 0. The van der Waals surface area contributed by atoms with Crippen molar-refractivity contribution in [2.24, 2.45) is 0 Å². The maximum atomic E-state index is 4.38. The lowest BCUT2D eigenvalue weighted by atomic mass is 10.1. The Morgan fingerprint density at radius 3 is 2.75 bits per heavy atom. The van der Waals surface area contributed by atoms with Crippen LogP contribution in [0.4, 0.5) is 5.69 Å². The molecule has 3 heteroatoms. The SMILES string of the molecule is BrC1=C(Br)[N]c2ccccc2C1. The smallest absolute Gasteiger partial charge is 0.117 e. The van der Waals surface area contributed by atoms with Crippen LogP contribution in [0.25, 0.3) is 0 Å². The summed E-state index contributed by atoms with van der Waals surface area (Å²) in [6.07, 6.45) is 0.931. The van der Waals surface area contributed by atoms with Gasteiger partial charge in [-0.1, -0.05) is 34.1 Å². The average molecular weight is 288 g/mol. The molecule has 0 N–H and O–H groups in total. The van der Waals surface area contributed by atoms with Crippen LogP contribution in [-0.4, -0.2) is 0 Å². The summed E-state index contributed by atoms with van der Waals surface area (Å²) < 4.78 is 2.02. The average Bonchev–Trinajstić information content (AvgIpc) is 2.07. The molecule has 0 bridgehead atoms. The molecule has 1 aliphatic rings. The molecular weight excluding hydrogens is 282 g/mol. The Kier molecular flexibility index (Phi) is 2.24. The lowest BCUT2D eigenvalue weighted by molar-refractivity contribution is 1.04. The number of fused-ring (bicyclic) bond motifs is 1. The van der Waals surface area contributed by atoms with Crippen molar-refractivity contribution < 1.29 is 0 Å². The quantitative estimate of drug-likeness (QED) is 0.649. The molecule has 0 amide bonds.